The maximum absolute atomic E-state index is 12.9. The van der Waals surface area contributed by atoms with Gasteiger partial charge < -0.3 is 0 Å². The summed E-state index contributed by atoms with van der Waals surface area (Å²) < 4.78 is 25.7. The van der Waals surface area contributed by atoms with E-state index in [-0.39, 0.29) is 6.04 Å². The summed E-state index contributed by atoms with van der Waals surface area (Å²) in [5.41, 5.74) is 2.98. The first-order valence-corrected chi connectivity index (χ1v) is 3.88. The fraction of sp³-hybridized carbons (Fsp3) is 1.00. The minimum atomic E-state index is -2.41. The number of nitrogens with zero attached hydrogens (tertiary/aromatic N) is 1. The van der Waals surface area contributed by atoms with Crippen molar-refractivity contribution < 1.29 is 8.78 Å². The van der Waals surface area contributed by atoms with E-state index in [2.05, 4.69) is 5.43 Å². The summed E-state index contributed by atoms with van der Waals surface area (Å²) >= 11 is 0. The second-order valence-electron chi connectivity index (χ2n) is 3.61. The lowest BCUT2D eigenvalue weighted by Gasteiger charge is -2.26. The van der Waals surface area contributed by atoms with Gasteiger partial charge in [0.2, 0.25) is 0 Å². The van der Waals surface area contributed by atoms with Crippen molar-refractivity contribution in [2.75, 3.05) is 13.6 Å². The average molecular weight is 162 g/mol. The van der Waals surface area contributed by atoms with Crippen LogP contribution in [0.15, 0.2) is 0 Å². The molecule has 1 aliphatic heterocycles. The van der Waals surface area contributed by atoms with Crippen molar-refractivity contribution in [2.45, 2.75) is 18.9 Å². The van der Waals surface area contributed by atoms with Crippen LogP contribution in [0.4, 0.5) is 8.78 Å². The summed E-state index contributed by atoms with van der Waals surface area (Å²) in [5, 5.41) is 1.76. The van der Waals surface area contributed by atoms with Gasteiger partial charge in [-0.15, -0.1) is 0 Å². The van der Waals surface area contributed by atoms with Crippen LogP contribution in [0.3, 0.4) is 0 Å². The Balaban J connectivity index is 2.11. The van der Waals surface area contributed by atoms with E-state index in [4.69, 9.17) is 0 Å². The number of rotatable bonds is 0. The van der Waals surface area contributed by atoms with Gasteiger partial charge >= 0.3 is 0 Å². The maximum atomic E-state index is 12.9. The molecule has 0 spiro atoms. The van der Waals surface area contributed by atoms with Crippen LogP contribution in [-0.2, 0) is 0 Å². The first kappa shape index (κ1) is 7.43. The standard InChI is InChI=1S/C7H12F2N2/c1-4-6-5(7(6,8)9)3-11(2)10-4/h4-6,10H,3H2,1-2H3. The molecule has 0 bridgehead atoms. The lowest BCUT2D eigenvalue weighted by molar-refractivity contribution is 0.0839. The summed E-state index contributed by atoms with van der Waals surface area (Å²) in [5.74, 6) is -3.22. The molecule has 0 aromatic heterocycles. The molecule has 1 aliphatic carbocycles. The number of nitrogens with one attached hydrogen (secondary N) is 1. The van der Waals surface area contributed by atoms with Gasteiger partial charge in [0, 0.05) is 31.5 Å². The Bertz CT molecular complexity index is 183. The van der Waals surface area contributed by atoms with Crippen molar-refractivity contribution in [1.29, 1.82) is 0 Å². The van der Waals surface area contributed by atoms with Gasteiger partial charge in [0.1, 0.15) is 0 Å². The molecule has 64 valence electrons. The predicted molar refractivity (Wildman–Crippen MR) is 37.2 cm³/mol. The molecule has 3 atom stereocenters. The number of halogens is 2. The lowest BCUT2D eigenvalue weighted by Crippen LogP contribution is -2.47. The Labute approximate surface area is 64.5 Å². The van der Waals surface area contributed by atoms with Crippen molar-refractivity contribution in [2.24, 2.45) is 11.8 Å². The third kappa shape index (κ3) is 0.891. The highest BCUT2D eigenvalue weighted by Crippen LogP contribution is 2.58. The molecule has 4 heteroatoms. The van der Waals surface area contributed by atoms with E-state index in [0.29, 0.717) is 6.54 Å². The minimum Gasteiger partial charge on any atom is -0.252 e. The van der Waals surface area contributed by atoms with Crippen LogP contribution in [0.5, 0.6) is 0 Å². The van der Waals surface area contributed by atoms with Crippen LogP contribution < -0.4 is 5.43 Å². The van der Waals surface area contributed by atoms with E-state index in [1.165, 1.54) is 0 Å². The van der Waals surface area contributed by atoms with Crippen LogP contribution in [0.25, 0.3) is 0 Å². The summed E-state index contributed by atoms with van der Waals surface area (Å²) in [6, 6.07) is -0.0752. The van der Waals surface area contributed by atoms with Crippen molar-refractivity contribution in [1.82, 2.24) is 10.4 Å². The summed E-state index contributed by atoms with van der Waals surface area (Å²) in [7, 11) is 1.81. The highest BCUT2D eigenvalue weighted by atomic mass is 19.3. The molecule has 0 radical (unpaired) electrons. The molecular weight excluding hydrogens is 150 g/mol. The van der Waals surface area contributed by atoms with Gasteiger partial charge in [-0.2, -0.15) is 0 Å². The van der Waals surface area contributed by atoms with E-state index < -0.39 is 17.8 Å². The molecule has 2 aliphatic rings. The van der Waals surface area contributed by atoms with E-state index in [1.54, 1.807) is 12.1 Å². The molecule has 1 N–H and O–H groups in total. The predicted octanol–water partition coefficient (Wildman–Crippen LogP) is 0.706. The molecule has 3 unspecified atom stereocenters. The van der Waals surface area contributed by atoms with Gasteiger partial charge in [-0.25, -0.2) is 13.8 Å². The molecule has 2 nitrogen and oxygen atoms in total. The SMILES string of the molecule is CC1NN(C)CC2C1C2(F)F. The Morgan fingerprint density at radius 1 is 1.55 bits per heavy atom. The highest BCUT2D eigenvalue weighted by Gasteiger charge is 2.71. The second kappa shape index (κ2) is 1.93. The maximum Gasteiger partial charge on any atom is 0.257 e. The largest absolute Gasteiger partial charge is 0.257 e. The molecule has 11 heavy (non-hydrogen) atoms. The van der Waals surface area contributed by atoms with Crippen LogP contribution in [0.2, 0.25) is 0 Å². The zero-order valence-electron chi connectivity index (χ0n) is 6.64. The van der Waals surface area contributed by atoms with Gasteiger partial charge in [-0.05, 0) is 6.92 Å². The highest BCUT2D eigenvalue weighted by molar-refractivity contribution is 5.11. The molecule has 1 saturated carbocycles. The third-order valence-corrected chi connectivity index (χ3v) is 2.70. The Morgan fingerprint density at radius 3 is 2.73 bits per heavy atom. The number of hydrogen-bond donors (Lipinski definition) is 1. The smallest absolute Gasteiger partial charge is 0.252 e. The Kier molecular flexibility index (Phi) is 1.30. The molecule has 1 heterocycles. The van der Waals surface area contributed by atoms with Crippen molar-refractivity contribution >= 4 is 0 Å². The number of hydrogen-bond acceptors (Lipinski definition) is 2. The summed E-state index contributed by atoms with van der Waals surface area (Å²) in [6.07, 6.45) is 0. The topological polar surface area (TPSA) is 15.3 Å². The van der Waals surface area contributed by atoms with Crippen molar-refractivity contribution in [3.05, 3.63) is 0 Å². The van der Waals surface area contributed by atoms with Gasteiger partial charge in [0.05, 0.1) is 0 Å². The molecule has 0 aromatic carbocycles. The van der Waals surface area contributed by atoms with Crippen LogP contribution >= 0.6 is 0 Å². The monoisotopic (exact) mass is 162 g/mol. The number of fused-ring (bicyclic) bond motifs is 1. The normalized spacial score (nSPS) is 48.5. The van der Waals surface area contributed by atoms with Crippen molar-refractivity contribution in [3.8, 4) is 0 Å². The van der Waals surface area contributed by atoms with E-state index >= 15 is 0 Å². The minimum absolute atomic E-state index is 0.0752. The molecule has 2 rings (SSSR count). The zero-order chi connectivity index (χ0) is 8.22. The summed E-state index contributed by atoms with van der Waals surface area (Å²) in [4.78, 5) is 0. The molecule has 0 amide bonds. The number of hydrazine groups is 1. The Hall–Kier alpha value is -0.220. The van der Waals surface area contributed by atoms with E-state index in [0.717, 1.165) is 0 Å². The quantitative estimate of drug-likeness (QED) is 0.564. The van der Waals surface area contributed by atoms with Crippen LogP contribution in [0, 0.1) is 11.8 Å². The first-order chi connectivity index (χ1) is 5.03. The molecule has 1 saturated heterocycles. The lowest BCUT2D eigenvalue weighted by atomic mass is 10.1. The first-order valence-electron chi connectivity index (χ1n) is 3.88. The van der Waals surface area contributed by atoms with Gasteiger partial charge in [0.15, 0.2) is 0 Å². The van der Waals surface area contributed by atoms with Crippen molar-refractivity contribution in [3.63, 3.8) is 0 Å². The summed E-state index contributed by atoms with van der Waals surface area (Å²) in [6.45, 7) is 2.29. The van der Waals surface area contributed by atoms with Gasteiger partial charge in [0.25, 0.3) is 5.92 Å². The third-order valence-electron chi connectivity index (χ3n) is 2.70. The fourth-order valence-corrected chi connectivity index (χ4v) is 2.11. The van der Waals surface area contributed by atoms with Gasteiger partial charge in [-0.3, -0.25) is 5.43 Å². The van der Waals surface area contributed by atoms with E-state index in [9.17, 15) is 8.78 Å². The Morgan fingerprint density at radius 2 is 2.18 bits per heavy atom. The fourth-order valence-electron chi connectivity index (χ4n) is 2.11. The van der Waals surface area contributed by atoms with Crippen LogP contribution in [-0.4, -0.2) is 30.6 Å². The van der Waals surface area contributed by atoms with E-state index in [1.807, 2.05) is 6.92 Å². The van der Waals surface area contributed by atoms with Crippen LogP contribution in [0.1, 0.15) is 6.92 Å². The molecular formula is C7H12F2N2. The second-order valence-corrected chi connectivity index (χ2v) is 3.61. The zero-order valence-corrected chi connectivity index (χ0v) is 6.64. The molecule has 0 aromatic rings. The number of alkyl halides is 2. The molecule has 2 fully saturated rings. The van der Waals surface area contributed by atoms with Gasteiger partial charge in [-0.1, -0.05) is 0 Å². The average Bonchev–Trinajstić information content (AvgIpc) is 2.34.